The van der Waals surface area contributed by atoms with Gasteiger partial charge in [0.1, 0.15) is 5.76 Å². The maximum atomic E-state index is 10.5. The number of aromatic nitrogens is 1. The van der Waals surface area contributed by atoms with E-state index in [1.807, 2.05) is 25.1 Å². The molecule has 18 heavy (non-hydrogen) atoms. The SMILES string of the molecule is CCc1occc1C(O)C(CN)c1cccnc1. The first-order valence-corrected chi connectivity index (χ1v) is 6.12. The maximum absolute atomic E-state index is 10.5. The van der Waals surface area contributed by atoms with Crippen molar-refractivity contribution in [3.05, 3.63) is 53.7 Å². The molecule has 2 rings (SSSR count). The summed E-state index contributed by atoms with van der Waals surface area (Å²) < 4.78 is 5.35. The Morgan fingerprint density at radius 3 is 2.89 bits per heavy atom. The molecular formula is C14H18N2O2. The van der Waals surface area contributed by atoms with Gasteiger partial charge in [-0.05, 0) is 17.7 Å². The fraction of sp³-hybridized carbons (Fsp3) is 0.357. The van der Waals surface area contributed by atoms with Crippen LogP contribution in [0.15, 0.2) is 41.3 Å². The van der Waals surface area contributed by atoms with Gasteiger partial charge in [-0.3, -0.25) is 4.98 Å². The molecule has 2 aromatic rings. The minimum atomic E-state index is -0.659. The quantitative estimate of drug-likeness (QED) is 0.846. The van der Waals surface area contributed by atoms with Gasteiger partial charge in [0.25, 0.3) is 0 Å². The fourth-order valence-electron chi connectivity index (χ4n) is 2.16. The number of hydrogen-bond donors (Lipinski definition) is 2. The second kappa shape index (κ2) is 5.80. The van der Waals surface area contributed by atoms with Gasteiger partial charge in [-0.1, -0.05) is 13.0 Å². The van der Waals surface area contributed by atoms with Crippen LogP contribution in [0.5, 0.6) is 0 Å². The zero-order valence-corrected chi connectivity index (χ0v) is 10.4. The Hall–Kier alpha value is -1.65. The highest BCUT2D eigenvalue weighted by molar-refractivity contribution is 5.26. The van der Waals surface area contributed by atoms with Gasteiger partial charge in [-0.15, -0.1) is 0 Å². The highest BCUT2D eigenvalue weighted by Crippen LogP contribution is 2.32. The third-order valence-electron chi connectivity index (χ3n) is 3.17. The molecule has 0 radical (unpaired) electrons. The molecule has 0 bridgehead atoms. The van der Waals surface area contributed by atoms with E-state index < -0.39 is 6.10 Å². The zero-order valence-electron chi connectivity index (χ0n) is 10.4. The van der Waals surface area contributed by atoms with Gasteiger partial charge >= 0.3 is 0 Å². The van der Waals surface area contributed by atoms with Gasteiger partial charge in [-0.25, -0.2) is 0 Å². The van der Waals surface area contributed by atoms with E-state index in [1.54, 1.807) is 18.7 Å². The average molecular weight is 246 g/mol. The average Bonchev–Trinajstić information content (AvgIpc) is 2.89. The van der Waals surface area contributed by atoms with E-state index in [9.17, 15) is 5.11 Å². The van der Waals surface area contributed by atoms with E-state index in [0.717, 1.165) is 23.3 Å². The number of hydrogen-bond acceptors (Lipinski definition) is 4. The van der Waals surface area contributed by atoms with Gasteiger partial charge < -0.3 is 15.3 Å². The second-order valence-electron chi connectivity index (χ2n) is 4.23. The summed E-state index contributed by atoms with van der Waals surface area (Å²) >= 11 is 0. The Labute approximate surface area is 106 Å². The van der Waals surface area contributed by atoms with Gasteiger partial charge in [0.15, 0.2) is 0 Å². The Kier molecular flexibility index (Phi) is 4.12. The van der Waals surface area contributed by atoms with Crippen molar-refractivity contribution in [3.63, 3.8) is 0 Å². The number of aliphatic hydroxyl groups is 1. The van der Waals surface area contributed by atoms with E-state index in [2.05, 4.69) is 4.98 Å². The van der Waals surface area contributed by atoms with Crippen LogP contribution in [0.2, 0.25) is 0 Å². The standard InChI is InChI=1S/C14H18N2O2/c1-2-13-11(5-7-18-13)14(17)12(8-15)10-4-3-6-16-9-10/h3-7,9,12,14,17H,2,8,15H2,1H3. The molecule has 3 N–H and O–H groups in total. The van der Waals surface area contributed by atoms with Crippen LogP contribution >= 0.6 is 0 Å². The van der Waals surface area contributed by atoms with E-state index in [-0.39, 0.29) is 5.92 Å². The molecular weight excluding hydrogens is 228 g/mol. The molecule has 0 aliphatic heterocycles. The second-order valence-corrected chi connectivity index (χ2v) is 4.23. The molecule has 2 atom stereocenters. The molecule has 0 amide bonds. The van der Waals surface area contributed by atoms with Crippen LogP contribution in [0, 0.1) is 0 Å². The number of rotatable bonds is 5. The third-order valence-corrected chi connectivity index (χ3v) is 3.17. The molecule has 0 aliphatic rings. The van der Waals surface area contributed by atoms with E-state index in [4.69, 9.17) is 10.2 Å². The van der Waals surface area contributed by atoms with Crippen LogP contribution in [0.4, 0.5) is 0 Å². The Morgan fingerprint density at radius 1 is 1.44 bits per heavy atom. The molecule has 2 unspecified atom stereocenters. The number of furan rings is 1. The molecule has 0 aromatic carbocycles. The first kappa shape index (κ1) is 12.8. The molecule has 0 saturated heterocycles. The number of aryl methyl sites for hydroxylation is 1. The van der Waals surface area contributed by atoms with Gasteiger partial charge in [0.2, 0.25) is 0 Å². The summed E-state index contributed by atoms with van der Waals surface area (Å²) in [6.07, 6.45) is 5.15. The number of nitrogens with two attached hydrogens (primary N) is 1. The predicted octanol–water partition coefficient (Wildman–Crippen LogP) is 2.01. The summed E-state index contributed by atoms with van der Waals surface area (Å²) in [6, 6.07) is 5.59. The number of nitrogens with zero attached hydrogens (tertiary/aromatic N) is 1. The lowest BCUT2D eigenvalue weighted by molar-refractivity contribution is 0.145. The van der Waals surface area contributed by atoms with Crippen molar-refractivity contribution in [1.29, 1.82) is 0 Å². The molecule has 0 saturated carbocycles. The Balaban J connectivity index is 2.28. The first-order valence-electron chi connectivity index (χ1n) is 6.12. The topological polar surface area (TPSA) is 72.3 Å². The molecule has 2 heterocycles. The summed E-state index contributed by atoms with van der Waals surface area (Å²) in [7, 11) is 0. The van der Waals surface area contributed by atoms with E-state index in [0.29, 0.717) is 6.54 Å². The zero-order chi connectivity index (χ0) is 13.0. The minimum absolute atomic E-state index is 0.165. The molecule has 4 heteroatoms. The minimum Gasteiger partial charge on any atom is -0.469 e. The number of aliphatic hydroxyl groups excluding tert-OH is 1. The molecule has 0 aliphatic carbocycles. The van der Waals surface area contributed by atoms with E-state index >= 15 is 0 Å². The summed E-state index contributed by atoms with van der Waals surface area (Å²) in [6.45, 7) is 2.36. The van der Waals surface area contributed by atoms with Crippen LogP contribution in [0.3, 0.4) is 0 Å². The van der Waals surface area contributed by atoms with Gasteiger partial charge in [0.05, 0.1) is 12.4 Å². The molecule has 96 valence electrons. The van der Waals surface area contributed by atoms with Crippen molar-refractivity contribution < 1.29 is 9.52 Å². The first-order chi connectivity index (χ1) is 8.77. The predicted molar refractivity (Wildman–Crippen MR) is 69.1 cm³/mol. The van der Waals surface area contributed by atoms with Crippen molar-refractivity contribution in [2.75, 3.05) is 6.54 Å². The van der Waals surface area contributed by atoms with Crippen molar-refractivity contribution >= 4 is 0 Å². The molecule has 0 spiro atoms. The van der Waals surface area contributed by atoms with Crippen molar-refractivity contribution in [2.24, 2.45) is 5.73 Å². The van der Waals surface area contributed by atoms with Crippen LogP contribution in [-0.2, 0) is 6.42 Å². The maximum Gasteiger partial charge on any atom is 0.109 e. The van der Waals surface area contributed by atoms with Crippen molar-refractivity contribution in [3.8, 4) is 0 Å². The summed E-state index contributed by atoms with van der Waals surface area (Å²) in [5.74, 6) is 0.645. The summed E-state index contributed by atoms with van der Waals surface area (Å²) in [5, 5.41) is 10.5. The summed E-state index contributed by atoms with van der Waals surface area (Å²) in [5.41, 5.74) is 7.54. The molecule has 2 aromatic heterocycles. The molecule has 4 nitrogen and oxygen atoms in total. The van der Waals surface area contributed by atoms with Gasteiger partial charge in [0, 0.05) is 36.8 Å². The fourth-order valence-corrected chi connectivity index (χ4v) is 2.16. The lowest BCUT2D eigenvalue weighted by Crippen LogP contribution is -2.20. The smallest absolute Gasteiger partial charge is 0.109 e. The van der Waals surface area contributed by atoms with Crippen LogP contribution in [0.25, 0.3) is 0 Å². The Morgan fingerprint density at radius 2 is 2.28 bits per heavy atom. The normalized spacial score (nSPS) is 14.4. The van der Waals surface area contributed by atoms with Crippen molar-refractivity contribution in [2.45, 2.75) is 25.4 Å². The van der Waals surface area contributed by atoms with E-state index in [1.165, 1.54) is 0 Å². The molecule has 0 fully saturated rings. The van der Waals surface area contributed by atoms with Crippen LogP contribution in [-0.4, -0.2) is 16.6 Å². The van der Waals surface area contributed by atoms with Crippen molar-refractivity contribution in [1.82, 2.24) is 4.98 Å². The lowest BCUT2D eigenvalue weighted by atomic mass is 9.90. The Bertz CT molecular complexity index is 482. The van der Waals surface area contributed by atoms with Crippen LogP contribution < -0.4 is 5.73 Å². The monoisotopic (exact) mass is 246 g/mol. The highest BCUT2D eigenvalue weighted by Gasteiger charge is 2.24. The summed E-state index contributed by atoms with van der Waals surface area (Å²) in [4.78, 5) is 4.07. The van der Waals surface area contributed by atoms with Crippen LogP contribution in [0.1, 0.15) is 35.8 Å². The van der Waals surface area contributed by atoms with Gasteiger partial charge in [-0.2, -0.15) is 0 Å². The third kappa shape index (κ3) is 2.44. The lowest BCUT2D eigenvalue weighted by Gasteiger charge is -2.21. The number of pyridine rings is 1. The highest BCUT2D eigenvalue weighted by atomic mass is 16.3. The largest absolute Gasteiger partial charge is 0.469 e.